The van der Waals surface area contributed by atoms with Crippen molar-refractivity contribution in [2.45, 2.75) is 12.5 Å². The molecule has 0 bridgehead atoms. The van der Waals surface area contributed by atoms with E-state index in [4.69, 9.17) is 18.6 Å². The molecule has 0 spiro atoms. The third kappa shape index (κ3) is 4.95. The van der Waals surface area contributed by atoms with Crippen LogP contribution in [0, 0.1) is 0 Å². The maximum absolute atomic E-state index is 13.1. The van der Waals surface area contributed by atoms with Gasteiger partial charge in [-0.3, -0.25) is 9.59 Å². The zero-order valence-corrected chi connectivity index (χ0v) is 18.9. The summed E-state index contributed by atoms with van der Waals surface area (Å²) in [4.78, 5) is 25.2. The number of fused-ring (bicyclic) bond motifs is 1. The maximum atomic E-state index is 13.1. The first-order valence-corrected chi connectivity index (χ1v) is 12.0. The summed E-state index contributed by atoms with van der Waals surface area (Å²) < 4.78 is 44.6. The average Bonchev–Trinajstić information content (AvgIpc) is 3.38. The van der Waals surface area contributed by atoms with Crippen molar-refractivity contribution in [3.63, 3.8) is 0 Å². The number of ether oxygens (including phenoxy) is 3. The highest BCUT2D eigenvalue weighted by Crippen LogP contribution is 2.31. The van der Waals surface area contributed by atoms with Crippen LogP contribution in [0.25, 0.3) is 11.0 Å². The largest absolute Gasteiger partial charge is 0.493 e. The van der Waals surface area contributed by atoms with E-state index in [1.54, 1.807) is 36.4 Å². The molecule has 1 aromatic heterocycles. The Labute approximate surface area is 190 Å². The fourth-order valence-electron chi connectivity index (χ4n) is 3.73. The Morgan fingerprint density at radius 3 is 2.58 bits per heavy atom. The normalized spacial score (nSPS) is 17.0. The molecular weight excluding hydrogens is 450 g/mol. The standard InChI is InChI=1S/C23H23NO8S/c1-29-20-5-3-14(9-21(20)30-2)23(26)18-11-32-19-6-4-16(10-17(18)19)31-12-22(25)24-15-7-8-33(27,28)13-15/h3-6,9-11,15H,7-8,12-13H2,1-2H3,(H,24,25)/t15-/m0/s1. The molecular formula is C23H23NO8S. The van der Waals surface area contributed by atoms with Gasteiger partial charge in [0, 0.05) is 17.0 Å². The fourth-order valence-corrected chi connectivity index (χ4v) is 5.41. The Kier molecular flexibility index (Phi) is 6.28. The lowest BCUT2D eigenvalue weighted by Gasteiger charge is -2.11. The molecule has 0 radical (unpaired) electrons. The summed E-state index contributed by atoms with van der Waals surface area (Å²) in [6, 6.07) is 9.39. The smallest absolute Gasteiger partial charge is 0.258 e. The molecule has 1 atom stereocenters. The summed E-state index contributed by atoms with van der Waals surface area (Å²) in [5, 5.41) is 3.21. The summed E-state index contributed by atoms with van der Waals surface area (Å²) in [5.74, 6) is 0.655. The second kappa shape index (κ2) is 9.14. The lowest BCUT2D eigenvalue weighted by Crippen LogP contribution is -2.38. The minimum Gasteiger partial charge on any atom is -0.493 e. The number of rotatable bonds is 8. The monoisotopic (exact) mass is 473 g/mol. The molecule has 2 aromatic carbocycles. The van der Waals surface area contributed by atoms with Crippen LogP contribution in [0.4, 0.5) is 0 Å². The van der Waals surface area contributed by atoms with Crippen molar-refractivity contribution in [3.05, 3.63) is 53.8 Å². The molecule has 0 saturated carbocycles. The van der Waals surface area contributed by atoms with E-state index in [2.05, 4.69) is 5.32 Å². The van der Waals surface area contributed by atoms with Gasteiger partial charge in [0.15, 0.2) is 33.7 Å². The van der Waals surface area contributed by atoms with Gasteiger partial charge in [-0.05, 0) is 42.8 Å². The molecule has 33 heavy (non-hydrogen) atoms. The van der Waals surface area contributed by atoms with Crippen molar-refractivity contribution in [1.29, 1.82) is 0 Å². The minimum atomic E-state index is -3.08. The number of hydrogen-bond donors (Lipinski definition) is 1. The second-order valence-corrected chi connectivity index (χ2v) is 9.89. The molecule has 174 valence electrons. The molecule has 3 aromatic rings. The van der Waals surface area contributed by atoms with Gasteiger partial charge in [-0.1, -0.05) is 0 Å². The Morgan fingerprint density at radius 1 is 1.09 bits per heavy atom. The summed E-state index contributed by atoms with van der Waals surface area (Å²) >= 11 is 0. The minimum absolute atomic E-state index is 0.0542. The molecule has 0 aliphatic carbocycles. The summed E-state index contributed by atoms with van der Waals surface area (Å²) in [6.45, 7) is -0.279. The van der Waals surface area contributed by atoms with E-state index < -0.39 is 21.8 Å². The molecule has 1 fully saturated rings. The van der Waals surface area contributed by atoms with Gasteiger partial charge in [-0.25, -0.2) is 8.42 Å². The van der Waals surface area contributed by atoms with Crippen molar-refractivity contribution in [2.24, 2.45) is 0 Å². The van der Waals surface area contributed by atoms with Crippen LogP contribution in [0.3, 0.4) is 0 Å². The van der Waals surface area contributed by atoms with Crippen molar-refractivity contribution >= 4 is 32.5 Å². The van der Waals surface area contributed by atoms with E-state index in [1.165, 1.54) is 20.5 Å². The predicted octanol–water partition coefficient (Wildman–Crippen LogP) is 2.36. The third-order valence-electron chi connectivity index (χ3n) is 5.40. The second-order valence-electron chi connectivity index (χ2n) is 7.66. The van der Waals surface area contributed by atoms with Crippen LogP contribution in [0.5, 0.6) is 17.2 Å². The van der Waals surface area contributed by atoms with Gasteiger partial charge in [0.05, 0.1) is 31.3 Å². The lowest BCUT2D eigenvalue weighted by molar-refractivity contribution is -0.123. The van der Waals surface area contributed by atoms with Crippen LogP contribution in [0.2, 0.25) is 0 Å². The highest BCUT2D eigenvalue weighted by atomic mass is 32.2. The first-order chi connectivity index (χ1) is 15.8. The molecule has 0 unspecified atom stereocenters. The predicted molar refractivity (Wildman–Crippen MR) is 120 cm³/mol. The molecule has 1 aliphatic rings. The number of carbonyl (C=O) groups is 2. The molecule has 10 heteroatoms. The zero-order valence-electron chi connectivity index (χ0n) is 18.1. The molecule has 1 amide bonds. The first kappa shape index (κ1) is 22.7. The maximum Gasteiger partial charge on any atom is 0.258 e. The molecule has 4 rings (SSSR count). The third-order valence-corrected chi connectivity index (χ3v) is 7.17. The van der Waals surface area contributed by atoms with Gasteiger partial charge in [0.25, 0.3) is 5.91 Å². The van der Waals surface area contributed by atoms with Gasteiger partial charge >= 0.3 is 0 Å². The van der Waals surface area contributed by atoms with E-state index in [-0.39, 0.29) is 23.9 Å². The van der Waals surface area contributed by atoms with E-state index in [1.807, 2.05) is 0 Å². The van der Waals surface area contributed by atoms with Gasteiger partial charge in [-0.15, -0.1) is 0 Å². The zero-order chi connectivity index (χ0) is 23.6. The van der Waals surface area contributed by atoms with Crippen molar-refractivity contribution in [1.82, 2.24) is 5.32 Å². The number of furan rings is 1. The van der Waals surface area contributed by atoms with Gasteiger partial charge in [0.1, 0.15) is 17.6 Å². The quantitative estimate of drug-likeness (QED) is 0.495. The van der Waals surface area contributed by atoms with Crippen molar-refractivity contribution in [3.8, 4) is 17.2 Å². The number of benzene rings is 2. The number of nitrogens with one attached hydrogen (secondary N) is 1. The molecule has 9 nitrogen and oxygen atoms in total. The highest BCUT2D eigenvalue weighted by Gasteiger charge is 2.29. The van der Waals surface area contributed by atoms with Crippen LogP contribution in [-0.2, 0) is 14.6 Å². The number of amides is 1. The first-order valence-electron chi connectivity index (χ1n) is 10.2. The van der Waals surface area contributed by atoms with Crippen LogP contribution in [0.15, 0.2) is 47.1 Å². The van der Waals surface area contributed by atoms with E-state index in [0.29, 0.717) is 45.8 Å². The lowest BCUT2D eigenvalue weighted by atomic mass is 10.0. The molecule has 1 aliphatic heterocycles. The van der Waals surface area contributed by atoms with Crippen LogP contribution in [-0.4, -0.2) is 58.5 Å². The molecule has 2 heterocycles. The summed E-state index contributed by atoms with van der Waals surface area (Å²) in [7, 11) is -0.0781. The SMILES string of the molecule is COc1ccc(C(=O)c2coc3ccc(OCC(=O)N[C@H]4CCS(=O)(=O)C4)cc23)cc1OC. The van der Waals surface area contributed by atoms with Crippen LogP contribution < -0.4 is 19.5 Å². The van der Waals surface area contributed by atoms with E-state index in [0.717, 1.165) is 0 Å². The fraction of sp³-hybridized carbons (Fsp3) is 0.304. The Balaban J connectivity index is 1.48. The van der Waals surface area contributed by atoms with Crippen molar-refractivity contribution in [2.75, 3.05) is 32.3 Å². The topological polar surface area (TPSA) is 121 Å². The van der Waals surface area contributed by atoms with Gasteiger partial charge < -0.3 is 23.9 Å². The van der Waals surface area contributed by atoms with Gasteiger partial charge in [-0.2, -0.15) is 0 Å². The van der Waals surface area contributed by atoms with Crippen LogP contribution >= 0.6 is 0 Å². The number of sulfone groups is 1. The summed E-state index contributed by atoms with van der Waals surface area (Å²) in [6.07, 6.45) is 1.78. The molecule has 1 N–H and O–H groups in total. The van der Waals surface area contributed by atoms with E-state index >= 15 is 0 Å². The highest BCUT2D eigenvalue weighted by molar-refractivity contribution is 7.91. The Morgan fingerprint density at radius 2 is 1.88 bits per heavy atom. The Hall–Kier alpha value is -3.53. The average molecular weight is 474 g/mol. The number of methoxy groups -OCH3 is 2. The summed E-state index contributed by atoms with van der Waals surface area (Å²) in [5.41, 5.74) is 1.22. The Bertz CT molecular complexity index is 1310. The van der Waals surface area contributed by atoms with Crippen molar-refractivity contribution < 1.29 is 36.6 Å². The number of hydrogen-bond acceptors (Lipinski definition) is 8. The number of carbonyl (C=O) groups excluding carboxylic acids is 2. The number of ketones is 1. The van der Waals surface area contributed by atoms with Gasteiger partial charge in [0.2, 0.25) is 0 Å². The molecule has 1 saturated heterocycles. The van der Waals surface area contributed by atoms with E-state index in [9.17, 15) is 18.0 Å². The van der Waals surface area contributed by atoms with Crippen LogP contribution in [0.1, 0.15) is 22.3 Å².